The number of carboxylic acid groups (broad SMARTS) is 1. The van der Waals surface area contributed by atoms with E-state index in [1.807, 2.05) is 0 Å². The van der Waals surface area contributed by atoms with Gasteiger partial charge in [-0.1, -0.05) is 15.9 Å². The molecule has 0 atom stereocenters. The predicted molar refractivity (Wildman–Crippen MR) is 76.7 cm³/mol. The summed E-state index contributed by atoms with van der Waals surface area (Å²) >= 11 is 2.90. The monoisotopic (exact) mass is 362 g/mol. The van der Waals surface area contributed by atoms with Gasteiger partial charge in [0, 0.05) is 0 Å². The first-order chi connectivity index (χ1) is 9.94. The molecule has 0 aliphatic heterocycles. The average molecular weight is 363 g/mol. The summed E-state index contributed by atoms with van der Waals surface area (Å²) in [5.74, 6) is -1.31. The Morgan fingerprint density at radius 3 is 1.90 bits per heavy atom. The van der Waals surface area contributed by atoms with Crippen LogP contribution in [0.4, 0.5) is 0 Å². The molecule has 8 heteroatoms. The van der Waals surface area contributed by atoms with E-state index in [1.165, 1.54) is 38.5 Å². The molecule has 21 heavy (non-hydrogen) atoms. The van der Waals surface area contributed by atoms with Crippen LogP contribution in [0, 0.1) is 0 Å². The van der Waals surface area contributed by atoms with E-state index in [0.29, 0.717) is 5.75 Å². The van der Waals surface area contributed by atoms with Crippen molar-refractivity contribution in [2.45, 2.75) is 0 Å². The number of benzene rings is 1. The maximum atomic E-state index is 10.7. The Morgan fingerprint density at radius 1 is 1.05 bits per heavy atom. The van der Waals surface area contributed by atoms with Crippen LogP contribution in [0.3, 0.4) is 0 Å². The van der Waals surface area contributed by atoms with Crippen molar-refractivity contribution < 1.29 is 33.7 Å². The summed E-state index contributed by atoms with van der Waals surface area (Å²) < 4.78 is 13.6. The van der Waals surface area contributed by atoms with Crippen molar-refractivity contribution in [2.75, 3.05) is 26.2 Å². The number of hydrogen-bond acceptors (Lipinski definition) is 6. The minimum absolute atomic E-state index is 0.167. The van der Waals surface area contributed by atoms with Crippen LogP contribution in [0.5, 0.6) is 5.75 Å². The van der Waals surface area contributed by atoms with E-state index in [9.17, 15) is 14.4 Å². The Balaban J connectivity index is 0.000000567. The fraction of sp³-hybridized carbons (Fsp3) is 0.308. The molecule has 0 heterocycles. The Bertz CT molecular complexity index is 464. The van der Waals surface area contributed by atoms with Gasteiger partial charge in [-0.05, 0) is 24.3 Å². The molecule has 0 unspecified atom stereocenters. The zero-order valence-electron chi connectivity index (χ0n) is 11.5. The third-order valence-electron chi connectivity index (χ3n) is 2.02. The molecule has 0 aliphatic rings. The van der Waals surface area contributed by atoms with Crippen LogP contribution in [-0.4, -0.2) is 49.2 Å². The highest BCUT2D eigenvalue weighted by Crippen LogP contribution is 2.11. The number of aromatic carboxylic acids is 1. The number of esters is 2. The molecule has 0 fully saturated rings. The largest absolute Gasteiger partial charge is 0.482 e. The van der Waals surface area contributed by atoms with Crippen molar-refractivity contribution in [1.29, 1.82) is 0 Å². The Labute approximate surface area is 129 Å². The van der Waals surface area contributed by atoms with Gasteiger partial charge in [-0.3, -0.25) is 4.79 Å². The second kappa shape index (κ2) is 10.7. The van der Waals surface area contributed by atoms with Gasteiger partial charge < -0.3 is 19.3 Å². The maximum Gasteiger partial charge on any atom is 0.343 e. The van der Waals surface area contributed by atoms with E-state index in [1.54, 1.807) is 0 Å². The highest BCUT2D eigenvalue weighted by molar-refractivity contribution is 9.09. The lowest BCUT2D eigenvalue weighted by Gasteiger charge is -2.04. The molecule has 1 rings (SSSR count). The van der Waals surface area contributed by atoms with E-state index < -0.39 is 11.9 Å². The number of ether oxygens (including phenoxy) is 3. The molecule has 1 aromatic rings. The van der Waals surface area contributed by atoms with Crippen molar-refractivity contribution >= 4 is 33.8 Å². The van der Waals surface area contributed by atoms with Crippen LogP contribution in [-0.2, 0) is 19.1 Å². The van der Waals surface area contributed by atoms with E-state index in [-0.39, 0.29) is 23.5 Å². The molecule has 0 saturated heterocycles. The normalized spacial score (nSPS) is 8.90. The van der Waals surface area contributed by atoms with Crippen molar-refractivity contribution in [3.8, 4) is 5.75 Å². The average Bonchev–Trinajstić information content (AvgIpc) is 2.52. The van der Waals surface area contributed by atoms with Crippen molar-refractivity contribution in [3.05, 3.63) is 29.8 Å². The Morgan fingerprint density at radius 2 is 1.57 bits per heavy atom. The smallest absolute Gasteiger partial charge is 0.343 e. The lowest BCUT2D eigenvalue weighted by Crippen LogP contribution is -2.12. The standard InChI is InChI=1S/C10H10O5.C3H5BrO2/c1-14-9(11)6-15-8-4-2-7(3-5-8)10(12)13;1-6-3(5)2-4/h2-5H,6H2,1H3,(H,12,13);2H2,1H3. The zero-order chi connectivity index (χ0) is 16.3. The third-order valence-corrected chi connectivity index (χ3v) is 2.48. The lowest BCUT2D eigenvalue weighted by molar-refractivity contribution is -0.143. The summed E-state index contributed by atoms with van der Waals surface area (Å²) in [7, 11) is 2.61. The quantitative estimate of drug-likeness (QED) is 0.625. The van der Waals surface area contributed by atoms with Crippen LogP contribution in [0.2, 0.25) is 0 Å². The second-order valence-corrected chi connectivity index (χ2v) is 3.96. The summed E-state index contributed by atoms with van der Waals surface area (Å²) in [6, 6.07) is 5.75. The van der Waals surface area contributed by atoms with Gasteiger partial charge in [0.15, 0.2) is 6.61 Å². The lowest BCUT2D eigenvalue weighted by atomic mass is 10.2. The summed E-state index contributed by atoms with van der Waals surface area (Å²) in [5, 5.41) is 8.90. The third kappa shape index (κ3) is 8.64. The van der Waals surface area contributed by atoms with Gasteiger partial charge >= 0.3 is 17.9 Å². The number of halogens is 1. The SMILES string of the molecule is COC(=O)CBr.COC(=O)COc1ccc(C(=O)O)cc1. The molecule has 0 amide bonds. The molecule has 0 saturated carbocycles. The van der Waals surface area contributed by atoms with Crippen LogP contribution in [0.1, 0.15) is 10.4 Å². The van der Waals surface area contributed by atoms with E-state index in [2.05, 4.69) is 25.4 Å². The second-order valence-electron chi connectivity index (χ2n) is 3.40. The fourth-order valence-corrected chi connectivity index (χ4v) is 1.18. The Kier molecular flexibility index (Phi) is 9.61. The number of carbonyl (C=O) groups is 3. The van der Waals surface area contributed by atoms with Crippen LogP contribution >= 0.6 is 15.9 Å². The number of carbonyl (C=O) groups excluding carboxylic acids is 2. The molecule has 0 spiro atoms. The number of rotatable bonds is 5. The molecule has 0 aliphatic carbocycles. The molecular formula is C13H15BrO7. The van der Waals surface area contributed by atoms with E-state index in [0.717, 1.165) is 0 Å². The first kappa shape index (κ1) is 18.9. The van der Waals surface area contributed by atoms with E-state index >= 15 is 0 Å². The topological polar surface area (TPSA) is 99.1 Å². The molecule has 0 radical (unpaired) electrons. The minimum Gasteiger partial charge on any atom is -0.482 e. The molecular weight excluding hydrogens is 348 g/mol. The van der Waals surface area contributed by atoms with Crippen molar-refractivity contribution in [2.24, 2.45) is 0 Å². The van der Waals surface area contributed by atoms with Crippen molar-refractivity contribution in [1.82, 2.24) is 0 Å². The van der Waals surface area contributed by atoms with Gasteiger partial charge in [0.2, 0.25) is 0 Å². The maximum absolute atomic E-state index is 10.7. The van der Waals surface area contributed by atoms with Gasteiger partial charge in [0.1, 0.15) is 11.1 Å². The highest BCUT2D eigenvalue weighted by Gasteiger charge is 2.04. The predicted octanol–water partition coefficient (Wildman–Crippen LogP) is 1.49. The number of alkyl halides is 1. The number of carboxylic acids is 1. The van der Waals surface area contributed by atoms with Gasteiger partial charge in [-0.25, -0.2) is 9.59 Å². The number of methoxy groups -OCH3 is 2. The fourth-order valence-electron chi connectivity index (χ4n) is 0.949. The van der Waals surface area contributed by atoms with E-state index in [4.69, 9.17) is 9.84 Å². The van der Waals surface area contributed by atoms with Crippen LogP contribution in [0.15, 0.2) is 24.3 Å². The zero-order valence-corrected chi connectivity index (χ0v) is 13.1. The summed E-state index contributed by atoms with van der Waals surface area (Å²) in [6.07, 6.45) is 0. The van der Waals surface area contributed by atoms with Gasteiger partial charge in [-0.15, -0.1) is 0 Å². The van der Waals surface area contributed by atoms with Crippen LogP contribution in [0.25, 0.3) is 0 Å². The first-order valence-corrected chi connectivity index (χ1v) is 6.72. The molecule has 0 aromatic heterocycles. The van der Waals surface area contributed by atoms with Crippen molar-refractivity contribution in [3.63, 3.8) is 0 Å². The number of hydrogen-bond donors (Lipinski definition) is 1. The molecule has 0 bridgehead atoms. The summed E-state index contributed by atoms with van der Waals surface area (Å²) in [5.41, 5.74) is 0.167. The molecule has 1 N–H and O–H groups in total. The highest BCUT2D eigenvalue weighted by atomic mass is 79.9. The molecule has 7 nitrogen and oxygen atoms in total. The van der Waals surface area contributed by atoms with Gasteiger partial charge in [0.05, 0.1) is 19.8 Å². The van der Waals surface area contributed by atoms with Crippen LogP contribution < -0.4 is 4.74 Å². The Hall–Kier alpha value is -2.09. The summed E-state index contributed by atoms with van der Waals surface area (Å²) in [4.78, 5) is 31.1. The summed E-state index contributed by atoms with van der Waals surface area (Å²) in [6.45, 7) is -0.192. The minimum atomic E-state index is -1.01. The van der Waals surface area contributed by atoms with Gasteiger partial charge in [-0.2, -0.15) is 0 Å². The molecule has 1 aromatic carbocycles. The van der Waals surface area contributed by atoms with Gasteiger partial charge in [0.25, 0.3) is 0 Å². The molecule has 116 valence electrons. The first-order valence-electron chi connectivity index (χ1n) is 5.60.